The van der Waals surface area contributed by atoms with E-state index in [0.717, 1.165) is 12.6 Å². The molecule has 0 spiro atoms. The number of ether oxygens (including phenoxy) is 1. The van der Waals surface area contributed by atoms with Crippen molar-refractivity contribution in [3.63, 3.8) is 0 Å². The van der Waals surface area contributed by atoms with E-state index in [2.05, 4.69) is 61.6 Å². The zero-order valence-corrected chi connectivity index (χ0v) is 36.0. The first-order chi connectivity index (χ1) is 22.7. The van der Waals surface area contributed by atoms with Crippen LogP contribution in [0.25, 0.3) is 0 Å². The summed E-state index contributed by atoms with van der Waals surface area (Å²) >= 11 is 0. The predicted molar refractivity (Wildman–Crippen MR) is 193 cm³/mol. The number of nitrogens with zero attached hydrogens (tertiary/aromatic N) is 2. The number of aldehydes is 2. The number of nitrogen functional groups attached to an aromatic ring is 1. The fraction of sp³-hybridized carbons (Fsp3) is 0.444. The Bertz CT molecular complexity index is 1310. The van der Waals surface area contributed by atoms with Crippen molar-refractivity contribution in [2.45, 2.75) is 88.4 Å². The number of aryl methyl sites for hydroxylation is 6. The van der Waals surface area contributed by atoms with E-state index in [1.165, 1.54) is 39.1 Å². The molecule has 1 aliphatic heterocycles. The largest absolute Gasteiger partial charge is 0.481 e. The number of carbonyl (C=O) groups excluding carboxylic acids is 4. The summed E-state index contributed by atoms with van der Waals surface area (Å²) in [4.78, 5) is 59.7. The molecular weight excluding hydrogens is 859 g/mol. The van der Waals surface area contributed by atoms with Crippen LogP contribution in [0, 0.1) is 97.4 Å². The minimum absolute atomic E-state index is 0. The summed E-state index contributed by atoms with van der Waals surface area (Å²) in [6.07, 6.45) is 3.80. The molecule has 277 valence electrons. The molecule has 0 amide bonds. The van der Waals surface area contributed by atoms with Gasteiger partial charge in [0.1, 0.15) is 12.8 Å². The molecule has 0 saturated carbocycles. The van der Waals surface area contributed by atoms with Gasteiger partial charge in [-0.25, -0.2) is 4.79 Å². The van der Waals surface area contributed by atoms with Crippen LogP contribution in [0.2, 0.25) is 0 Å². The van der Waals surface area contributed by atoms with Crippen molar-refractivity contribution in [3.8, 4) is 0 Å². The predicted octanol–water partition coefficient (Wildman–Crippen LogP) is 4.86. The van der Waals surface area contributed by atoms with E-state index in [1.54, 1.807) is 0 Å². The van der Waals surface area contributed by atoms with E-state index in [1.807, 2.05) is 65.6 Å². The maximum Gasteiger partial charge on any atom is 0.326 e. The normalized spacial score (nSPS) is 11.8. The molecule has 0 fully saturated rings. The zero-order valence-electron chi connectivity index (χ0n) is 31.3. The van der Waals surface area contributed by atoms with Crippen LogP contribution in [0.5, 0.6) is 0 Å². The van der Waals surface area contributed by atoms with Crippen LogP contribution in [0.1, 0.15) is 68.0 Å². The number of hydrogen-bond donors (Lipinski definition) is 4. The Morgan fingerprint density at radius 3 is 1.46 bits per heavy atom. The van der Waals surface area contributed by atoms with Gasteiger partial charge in [-0.15, -0.1) is 0 Å². The van der Waals surface area contributed by atoms with Gasteiger partial charge in [0.2, 0.25) is 0 Å². The van der Waals surface area contributed by atoms with Crippen molar-refractivity contribution in [2.75, 3.05) is 17.3 Å². The number of carboxylic acid groups (broad SMARTS) is 2. The molecule has 2 unspecified atom stereocenters. The minimum atomic E-state index is -0.833. The first-order valence-electron chi connectivity index (χ1n) is 15.3. The van der Waals surface area contributed by atoms with Gasteiger partial charge in [-0.3, -0.25) is 24.9 Å². The Kier molecular flexibility index (Phi) is 31.0. The van der Waals surface area contributed by atoms with Crippen molar-refractivity contribution in [2.24, 2.45) is 17.6 Å². The monoisotopic (exact) mass is 915 g/mol. The van der Waals surface area contributed by atoms with E-state index in [4.69, 9.17) is 35.8 Å². The fourth-order valence-corrected chi connectivity index (χ4v) is 4.61. The van der Waals surface area contributed by atoms with Crippen LogP contribution < -0.4 is 16.4 Å². The number of hydrogen-bond acceptors (Lipinski definition) is 11. The Balaban J connectivity index is -0.000000305. The standard InChI is InChI=1S/C17H24N2O2.C9H13N.C5H11NO2.C2H4O2.C2H2O2.CH2O.Ac/c1-11(2)15(17(20)21)18-6-7-19(10-18)16-13(4)8-12(3)9-14(16)5;1-6-4-7(2)9(10)8(3)5-6;1-4(2)5(6)8-3-7;1-2(3)4;3-1-2-4;1-2;/h6-9,11,15H,10H2,1-5H3,(H,20,21);4-5H,10H2,1-3H3;3-5H,6H2,1-2H3;1H3,(H,3,4);1-2H;1H2;. The third-order valence-corrected chi connectivity index (χ3v) is 6.58. The molecular formula is C36H56AcN4O9. The molecule has 0 saturated heterocycles. The Morgan fingerprint density at radius 1 is 0.800 bits per heavy atom. The number of carboxylic acids is 2. The van der Waals surface area contributed by atoms with Crippen LogP contribution in [-0.2, 0) is 33.5 Å². The molecule has 14 heteroatoms. The number of nitrogens with two attached hydrogens (primary N) is 2. The van der Waals surface area contributed by atoms with Crippen LogP contribution in [-0.4, -0.2) is 71.8 Å². The summed E-state index contributed by atoms with van der Waals surface area (Å²) in [6, 6.07) is 8.04. The molecule has 0 aromatic heterocycles. The summed E-state index contributed by atoms with van der Waals surface area (Å²) in [6.45, 7) is 24.1. The van der Waals surface area contributed by atoms with Crippen molar-refractivity contribution >= 4 is 49.1 Å². The van der Waals surface area contributed by atoms with Gasteiger partial charge < -0.3 is 35.3 Å². The first kappa shape index (κ1) is 53.2. The quantitative estimate of drug-likeness (QED) is 0.121. The summed E-state index contributed by atoms with van der Waals surface area (Å²) in [5, 5.41) is 16.8. The second-order valence-electron chi connectivity index (χ2n) is 11.7. The number of benzene rings is 2. The molecule has 2 atom stereocenters. The second-order valence-corrected chi connectivity index (χ2v) is 11.7. The molecule has 13 nitrogen and oxygen atoms in total. The average molecular weight is 916 g/mol. The number of rotatable bonds is 8. The molecule has 2 aromatic rings. The Morgan fingerprint density at radius 2 is 1.18 bits per heavy atom. The maximum absolute atomic E-state index is 11.5. The van der Waals surface area contributed by atoms with Gasteiger partial charge in [0, 0.05) is 80.7 Å². The molecule has 0 aliphatic carbocycles. The third kappa shape index (κ3) is 22.2. The molecule has 1 aliphatic rings. The smallest absolute Gasteiger partial charge is 0.326 e. The second kappa shape index (κ2) is 29.2. The van der Waals surface area contributed by atoms with Crippen molar-refractivity contribution < 1.29 is 87.8 Å². The van der Waals surface area contributed by atoms with E-state index in [9.17, 15) is 14.7 Å². The van der Waals surface area contributed by atoms with Crippen molar-refractivity contribution in [1.82, 2.24) is 4.90 Å². The van der Waals surface area contributed by atoms with Gasteiger partial charge in [-0.1, -0.05) is 63.1 Å². The Labute approximate surface area is 333 Å². The van der Waals surface area contributed by atoms with E-state index in [0.29, 0.717) is 13.1 Å². The van der Waals surface area contributed by atoms with Gasteiger partial charge in [0.05, 0.1) is 6.67 Å². The molecule has 50 heavy (non-hydrogen) atoms. The van der Waals surface area contributed by atoms with Crippen LogP contribution in [0.15, 0.2) is 36.7 Å². The molecule has 2 aromatic carbocycles. The van der Waals surface area contributed by atoms with E-state index >= 15 is 0 Å². The van der Waals surface area contributed by atoms with Crippen molar-refractivity contribution in [1.29, 1.82) is 0 Å². The topological polar surface area (TPSA) is 211 Å². The Hall–Kier alpha value is -3.60. The van der Waals surface area contributed by atoms with Gasteiger partial charge in [0.25, 0.3) is 12.4 Å². The molecule has 0 bridgehead atoms. The first-order valence-corrected chi connectivity index (χ1v) is 15.3. The van der Waals surface area contributed by atoms with Gasteiger partial charge in [-0.2, -0.15) is 0 Å². The zero-order chi connectivity index (χ0) is 39.0. The average Bonchev–Trinajstić information content (AvgIpc) is 3.45. The number of carbonyl (C=O) groups is 6. The van der Waals surface area contributed by atoms with Gasteiger partial charge >= 0.3 is 5.97 Å². The summed E-state index contributed by atoms with van der Waals surface area (Å²) in [7, 11) is 0. The minimum Gasteiger partial charge on any atom is -0.481 e. The van der Waals surface area contributed by atoms with Crippen LogP contribution in [0.3, 0.4) is 0 Å². The molecule has 6 N–H and O–H groups in total. The number of anilines is 2. The number of aliphatic carboxylic acids is 2. The maximum atomic E-state index is 11.5. The van der Waals surface area contributed by atoms with Gasteiger partial charge in [0.15, 0.2) is 18.8 Å². The molecule has 3 rings (SSSR count). The fourth-order valence-electron chi connectivity index (χ4n) is 4.61. The van der Waals surface area contributed by atoms with Crippen LogP contribution >= 0.6 is 0 Å². The summed E-state index contributed by atoms with van der Waals surface area (Å²) in [5.41, 5.74) is 20.4. The SMILES string of the molecule is C=O.CC(=O)O.CC(C)C(N)OC=O.Cc1cc(C)c(N)c(C)c1.Cc1cc(C)c(N2C=CN(C(C(=O)O)C(C)C)C2)c(C)c1.O=CC=O.[Ac]. The summed E-state index contributed by atoms with van der Waals surface area (Å²) < 4.78 is 4.40. The van der Waals surface area contributed by atoms with Crippen molar-refractivity contribution in [3.05, 3.63) is 70.0 Å². The summed E-state index contributed by atoms with van der Waals surface area (Å²) in [5.74, 6) is -1.35. The third-order valence-electron chi connectivity index (χ3n) is 6.58. The van der Waals surface area contributed by atoms with Crippen LogP contribution in [0.4, 0.5) is 11.4 Å². The molecule has 1 radical (unpaired) electrons. The van der Waals surface area contributed by atoms with Gasteiger partial charge in [-0.05, 0) is 69.7 Å². The van der Waals surface area contributed by atoms with E-state index in [-0.39, 0.29) is 68.5 Å². The van der Waals surface area contributed by atoms with E-state index < -0.39 is 24.2 Å². The molecule has 1 heterocycles.